The third-order valence-electron chi connectivity index (χ3n) is 4.44. The maximum absolute atomic E-state index is 10.1. The van der Waals surface area contributed by atoms with Gasteiger partial charge >= 0.3 is 7.12 Å². The summed E-state index contributed by atoms with van der Waals surface area (Å²) in [5.74, 6) is 0. The Bertz CT molecular complexity index is 521. The largest absolute Gasteiger partial charge is 0.457 e. The molecule has 1 saturated heterocycles. The SMILES string of the molecule is CC1(C)OB(CCCCC=O)OC1(C)C.N#CCc1ccccc1. The van der Waals surface area contributed by atoms with Crippen LogP contribution < -0.4 is 0 Å². The van der Waals surface area contributed by atoms with Gasteiger partial charge in [0.15, 0.2) is 0 Å². The molecule has 1 fully saturated rings. The van der Waals surface area contributed by atoms with Crippen molar-refractivity contribution in [2.24, 2.45) is 0 Å². The Morgan fingerprint density at radius 1 is 1.08 bits per heavy atom. The van der Waals surface area contributed by atoms with Gasteiger partial charge in [0.1, 0.15) is 6.29 Å². The van der Waals surface area contributed by atoms with Crippen LogP contribution in [-0.4, -0.2) is 24.6 Å². The van der Waals surface area contributed by atoms with Crippen LogP contribution >= 0.6 is 0 Å². The Morgan fingerprint density at radius 2 is 1.67 bits per heavy atom. The second-order valence-corrected chi connectivity index (χ2v) is 6.96. The molecule has 5 heteroatoms. The van der Waals surface area contributed by atoms with Crippen LogP contribution in [0.15, 0.2) is 30.3 Å². The van der Waals surface area contributed by atoms with Crippen LogP contribution in [0.25, 0.3) is 0 Å². The van der Waals surface area contributed by atoms with Gasteiger partial charge in [-0.1, -0.05) is 36.8 Å². The average molecular weight is 329 g/mol. The van der Waals surface area contributed by atoms with Crippen LogP contribution in [0, 0.1) is 11.3 Å². The first-order valence-electron chi connectivity index (χ1n) is 8.52. The zero-order chi connectivity index (χ0) is 18.1. The summed E-state index contributed by atoms with van der Waals surface area (Å²) in [5, 5.41) is 8.27. The maximum atomic E-state index is 10.1. The van der Waals surface area contributed by atoms with Crippen molar-refractivity contribution in [1.29, 1.82) is 5.26 Å². The smallest absolute Gasteiger partial charge is 0.403 e. The predicted molar refractivity (Wildman–Crippen MR) is 96.6 cm³/mol. The Balaban J connectivity index is 0.000000272. The lowest BCUT2D eigenvalue weighted by Crippen LogP contribution is -2.41. The Morgan fingerprint density at radius 3 is 2.17 bits per heavy atom. The van der Waals surface area contributed by atoms with E-state index in [1.807, 2.05) is 30.3 Å². The highest BCUT2D eigenvalue weighted by atomic mass is 16.7. The van der Waals surface area contributed by atoms with Crippen LogP contribution in [0.4, 0.5) is 0 Å². The minimum atomic E-state index is -0.234. The molecule has 0 saturated carbocycles. The minimum absolute atomic E-state index is 0.110. The molecule has 0 aliphatic carbocycles. The van der Waals surface area contributed by atoms with E-state index >= 15 is 0 Å². The lowest BCUT2D eigenvalue weighted by atomic mass is 9.82. The second-order valence-electron chi connectivity index (χ2n) is 6.96. The molecule has 0 spiro atoms. The summed E-state index contributed by atoms with van der Waals surface area (Å²) in [4.78, 5) is 10.1. The molecule has 1 heterocycles. The third kappa shape index (κ3) is 6.47. The van der Waals surface area contributed by atoms with Crippen LogP contribution in [0.5, 0.6) is 0 Å². The topological polar surface area (TPSA) is 59.3 Å². The van der Waals surface area contributed by atoms with Crippen LogP contribution in [0.1, 0.15) is 52.5 Å². The van der Waals surface area contributed by atoms with Crippen molar-refractivity contribution in [3.8, 4) is 6.07 Å². The molecule has 0 amide bonds. The molecule has 0 N–H and O–H groups in total. The molecule has 0 unspecified atom stereocenters. The predicted octanol–water partition coefficient (Wildman–Crippen LogP) is 4.20. The first kappa shape index (κ1) is 20.4. The quantitative estimate of drug-likeness (QED) is 0.446. The van der Waals surface area contributed by atoms with Crippen molar-refractivity contribution in [3.05, 3.63) is 35.9 Å². The van der Waals surface area contributed by atoms with E-state index in [2.05, 4.69) is 33.8 Å². The minimum Gasteiger partial charge on any atom is -0.403 e. The van der Waals surface area contributed by atoms with Crippen molar-refractivity contribution >= 4 is 13.4 Å². The molecular weight excluding hydrogens is 301 g/mol. The zero-order valence-electron chi connectivity index (χ0n) is 15.2. The standard InChI is InChI=1S/C11H21BO3.C8H7N/c1-10(2)11(3,4)15-12(14-10)8-6-5-7-9-13;9-7-6-8-4-2-1-3-5-8/h9H,5-8H2,1-4H3;1-5H,6H2. The summed E-state index contributed by atoms with van der Waals surface area (Å²) in [6.45, 7) is 8.22. The van der Waals surface area contributed by atoms with E-state index in [1.54, 1.807) is 0 Å². The van der Waals surface area contributed by atoms with E-state index < -0.39 is 0 Å². The van der Waals surface area contributed by atoms with Crippen molar-refractivity contribution in [3.63, 3.8) is 0 Å². The molecule has 0 atom stereocenters. The molecule has 24 heavy (non-hydrogen) atoms. The highest BCUT2D eigenvalue weighted by molar-refractivity contribution is 6.45. The molecule has 0 aromatic heterocycles. The van der Waals surface area contributed by atoms with Gasteiger partial charge in [-0.25, -0.2) is 0 Å². The fraction of sp³-hybridized carbons (Fsp3) is 0.579. The van der Waals surface area contributed by atoms with Gasteiger partial charge in [-0.05, 0) is 46.0 Å². The molecule has 1 aromatic rings. The number of nitrogens with zero attached hydrogens (tertiary/aromatic N) is 1. The van der Waals surface area contributed by atoms with Gasteiger partial charge in [0.25, 0.3) is 0 Å². The van der Waals surface area contributed by atoms with Crippen molar-refractivity contribution < 1.29 is 14.1 Å². The lowest BCUT2D eigenvalue weighted by Gasteiger charge is -2.32. The van der Waals surface area contributed by atoms with Crippen molar-refractivity contribution in [2.75, 3.05) is 0 Å². The van der Waals surface area contributed by atoms with Gasteiger partial charge in [0.2, 0.25) is 0 Å². The molecule has 130 valence electrons. The molecular formula is C19H28BNO3. The fourth-order valence-corrected chi connectivity index (χ4v) is 2.31. The van der Waals surface area contributed by atoms with E-state index in [-0.39, 0.29) is 18.3 Å². The van der Waals surface area contributed by atoms with Gasteiger partial charge < -0.3 is 14.1 Å². The van der Waals surface area contributed by atoms with Crippen LogP contribution in [-0.2, 0) is 20.5 Å². The number of aldehydes is 1. The number of hydrogen-bond donors (Lipinski definition) is 0. The molecule has 0 radical (unpaired) electrons. The van der Waals surface area contributed by atoms with Crippen molar-refractivity contribution in [2.45, 2.75) is 70.9 Å². The third-order valence-corrected chi connectivity index (χ3v) is 4.44. The van der Waals surface area contributed by atoms with E-state index in [1.165, 1.54) is 0 Å². The number of rotatable bonds is 6. The summed E-state index contributed by atoms with van der Waals surface area (Å²) in [6, 6.07) is 11.8. The summed E-state index contributed by atoms with van der Waals surface area (Å²) < 4.78 is 11.7. The molecule has 4 nitrogen and oxygen atoms in total. The molecule has 0 bridgehead atoms. The van der Waals surface area contributed by atoms with Crippen LogP contribution in [0.3, 0.4) is 0 Å². The highest BCUT2D eigenvalue weighted by Gasteiger charge is 2.50. The molecule has 1 aliphatic heterocycles. The van der Waals surface area contributed by atoms with Crippen LogP contribution in [0.2, 0.25) is 6.32 Å². The fourth-order valence-electron chi connectivity index (χ4n) is 2.31. The summed E-state index contributed by atoms with van der Waals surface area (Å²) in [6.07, 6.45) is 4.90. The van der Waals surface area contributed by atoms with Gasteiger partial charge in [-0.2, -0.15) is 5.26 Å². The Labute approximate surface area is 146 Å². The van der Waals surface area contributed by atoms with E-state index in [0.29, 0.717) is 12.8 Å². The Kier molecular flexibility index (Phi) is 8.17. The number of nitriles is 1. The first-order valence-corrected chi connectivity index (χ1v) is 8.52. The lowest BCUT2D eigenvalue weighted by molar-refractivity contribution is -0.107. The van der Waals surface area contributed by atoms with Gasteiger partial charge in [-0.3, -0.25) is 0 Å². The molecule has 1 aromatic carbocycles. The first-order chi connectivity index (χ1) is 11.3. The van der Waals surface area contributed by atoms with E-state index in [4.69, 9.17) is 14.6 Å². The summed E-state index contributed by atoms with van der Waals surface area (Å²) in [5.41, 5.74) is 0.616. The number of unbranched alkanes of at least 4 members (excludes halogenated alkanes) is 2. The Hall–Kier alpha value is -1.64. The van der Waals surface area contributed by atoms with E-state index in [0.717, 1.165) is 31.0 Å². The van der Waals surface area contributed by atoms with Gasteiger partial charge in [-0.15, -0.1) is 0 Å². The van der Waals surface area contributed by atoms with E-state index in [9.17, 15) is 4.79 Å². The maximum Gasteiger partial charge on any atom is 0.457 e. The summed E-state index contributed by atoms with van der Waals surface area (Å²) >= 11 is 0. The number of hydrogen-bond acceptors (Lipinski definition) is 4. The zero-order valence-corrected chi connectivity index (χ0v) is 15.2. The van der Waals surface area contributed by atoms with Gasteiger partial charge in [0, 0.05) is 6.42 Å². The number of carbonyl (C=O) groups is 1. The summed E-state index contributed by atoms with van der Waals surface area (Å²) in [7, 11) is -0.110. The second kappa shape index (κ2) is 9.61. The van der Waals surface area contributed by atoms with Gasteiger partial charge in [0.05, 0.1) is 23.7 Å². The molecule has 1 aliphatic rings. The number of carbonyl (C=O) groups excluding carboxylic acids is 1. The van der Waals surface area contributed by atoms with Crippen molar-refractivity contribution in [1.82, 2.24) is 0 Å². The normalized spacial score (nSPS) is 17.5. The average Bonchev–Trinajstić information content (AvgIpc) is 2.73. The molecule has 2 rings (SSSR count). The highest BCUT2D eigenvalue weighted by Crippen LogP contribution is 2.38. The number of benzene rings is 1. The monoisotopic (exact) mass is 329 g/mol.